The van der Waals surface area contributed by atoms with Gasteiger partial charge < -0.3 is 20.1 Å². The fourth-order valence-corrected chi connectivity index (χ4v) is 5.19. The third-order valence-electron chi connectivity index (χ3n) is 5.92. The lowest BCUT2D eigenvalue weighted by molar-refractivity contribution is -0.113. The molecule has 178 valence electrons. The number of amides is 1. The van der Waals surface area contributed by atoms with Gasteiger partial charge in [-0.1, -0.05) is 18.2 Å². The number of aryl methyl sites for hydroxylation is 1. The number of fused-ring (bicyclic) bond motifs is 1. The van der Waals surface area contributed by atoms with Crippen LogP contribution < -0.4 is 20.1 Å². The number of allylic oxidation sites excluding steroid dienone is 1. The molecule has 0 bridgehead atoms. The molecule has 3 heterocycles. The van der Waals surface area contributed by atoms with E-state index in [1.165, 1.54) is 0 Å². The van der Waals surface area contributed by atoms with E-state index in [-0.39, 0.29) is 5.91 Å². The summed E-state index contributed by atoms with van der Waals surface area (Å²) < 4.78 is 12.6. The van der Waals surface area contributed by atoms with Crippen molar-refractivity contribution in [1.82, 2.24) is 14.8 Å². The third kappa shape index (κ3) is 4.15. The topological polar surface area (TPSA) is 90.3 Å². The third-order valence-corrected chi connectivity index (χ3v) is 6.99. The minimum atomic E-state index is -0.420. The molecule has 1 amide bonds. The van der Waals surface area contributed by atoms with Crippen LogP contribution in [0.3, 0.4) is 0 Å². The number of carbonyl (C=O) groups excluding carboxylic acids is 1. The zero-order chi connectivity index (χ0) is 24.5. The van der Waals surface area contributed by atoms with E-state index in [9.17, 15) is 4.79 Å². The molecule has 1 aliphatic heterocycles. The number of benzene rings is 2. The number of para-hydroxylation sites is 1. The van der Waals surface area contributed by atoms with E-state index in [1.54, 1.807) is 30.2 Å². The van der Waals surface area contributed by atoms with E-state index in [0.29, 0.717) is 28.8 Å². The summed E-state index contributed by atoms with van der Waals surface area (Å²) in [5.74, 6) is 2.12. The Balaban J connectivity index is 1.59. The predicted octanol–water partition coefficient (Wildman–Crippen LogP) is 5.26. The van der Waals surface area contributed by atoms with E-state index in [0.717, 1.165) is 27.4 Å². The largest absolute Gasteiger partial charge is 0.493 e. The van der Waals surface area contributed by atoms with Crippen molar-refractivity contribution in [2.24, 2.45) is 0 Å². The lowest BCUT2D eigenvalue weighted by Gasteiger charge is -2.28. The highest BCUT2D eigenvalue weighted by Gasteiger charge is 2.36. The molecular formula is C26H25N5O3S. The van der Waals surface area contributed by atoms with Crippen molar-refractivity contribution in [1.29, 1.82) is 0 Å². The number of hydrogen-bond acceptors (Lipinski definition) is 7. The van der Waals surface area contributed by atoms with Crippen LogP contribution in [-0.4, -0.2) is 34.9 Å². The minimum absolute atomic E-state index is 0.187. The molecule has 35 heavy (non-hydrogen) atoms. The summed E-state index contributed by atoms with van der Waals surface area (Å²) in [5, 5.41) is 13.2. The van der Waals surface area contributed by atoms with Gasteiger partial charge in [0.25, 0.3) is 5.91 Å². The van der Waals surface area contributed by atoms with Crippen LogP contribution in [-0.2, 0) is 4.79 Å². The van der Waals surface area contributed by atoms with Gasteiger partial charge >= 0.3 is 0 Å². The number of ether oxygens (including phenoxy) is 2. The molecule has 0 fully saturated rings. The molecule has 2 N–H and O–H groups in total. The first-order chi connectivity index (χ1) is 17.0. The quantitative estimate of drug-likeness (QED) is 0.386. The van der Waals surface area contributed by atoms with Gasteiger partial charge in [0.05, 0.1) is 19.8 Å². The van der Waals surface area contributed by atoms with E-state index >= 15 is 0 Å². The van der Waals surface area contributed by atoms with Crippen molar-refractivity contribution in [2.45, 2.75) is 19.9 Å². The number of hydrogen-bond donors (Lipinski definition) is 2. The number of nitrogens with one attached hydrogen (secondary N) is 2. The SMILES string of the molecule is COc1ccc(-c2nc3n(n2)C(c2sccc2C)C(C(=O)Nc2ccccc2)=C(C)N3)cc1OC. The molecule has 0 radical (unpaired) electrons. The van der Waals surface area contributed by atoms with Crippen LogP contribution >= 0.6 is 11.3 Å². The Labute approximate surface area is 207 Å². The van der Waals surface area contributed by atoms with Crippen LogP contribution in [0, 0.1) is 6.92 Å². The number of rotatable bonds is 6. The number of anilines is 2. The Morgan fingerprint density at radius 2 is 1.83 bits per heavy atom. The highest BCUT2D eigenvalue weighted by molar-refractivity contribution is 7.10. The standard InChI is InChI=1S/C26H25N5O3S/c1-15-12-13-35-23(15)22-21(25(32)28-18-8-6-5-7-9-18)16(2)27-26-29-24(30-31(22)26)17-10-11-19(33-3)20(14-17)34-4/h5-14,22H,1-4H3,(H,28,32)(H,27,29,30). The average Bonchev–Trinajstić information content (AvgIpc) is 3.49. The second-order valence-corrected chi connectivity index (χ2v) is 9.08. The maximum Gasteiger partial charge on any atom is 0.255 e. The number of carbonyl (C=O) groups is 1. The lowest BCUT2D eigenvalue weighted by atomic mass is 9.99. The second kappa shape index (κ2) is 9.27. The van der Waals surface area contributed by atoms with E-state index in [4.69, 9.17) is 19.6 Å². The summed E-state index contributed by atoms with van der Waals surface area (Å²) in [4.78, 5) is 19.3. The van der Waals surface area contributed by atoms with Crippen LogP contribution in [0.1, 0.15) is 23.4 Å². The maximum atomic E-state index is 13.5. The highest BCUT2D eigenvalue weighted by Crippen LogP contribution is 2.40. The van der Waals surface area contributed by atoms with Gasteiger partial charge in [-0.3, -0.25) is 4.79 Å². The number of methoxy groups -OCH3 is 2. The van der Waals surface area contributed by atoms with Gasteiger partial charge in [-0.15, -0.1) is 16.4 Å². The van der Waals surface area contributed by atoms with Crippen LogP contribution in [0.25, 0.3) is 11.4 Å². The Kier molecular flexibility index (Phi) is 6.00. The molecule has 5 rings (SSSR count). The smallest absolute Gasteiger partial charge is 0.255 e. The first-order valence-electron chi connectivity index (χ1n) is 11.1. The summed E-state index contributed by atoms with van der Waals surface area (Å²) in [5.41, 5.74) is 3.93. The molecule has 4 aromatic rings. The van der Waals surface area contributed by atoms with Gasteiger partial charge in [0.1, 0.15) is 6.04 Å². The van der Waals surface area contributed by atoms with Gasteiger partial charge in [-0.2, -0.15) is 4.98 Å². The molecular weight excluding hydrogens is 462 g/mol. The highest BCUT2D eigenvalue weighted by atomic mass is 32.1. The number of aromatic nitrogens is 3. The fourth-order valence-electron chi connectivity index (χ4n) is 4.17. The average molecular weight is 488 g/mol. The first kappa shape index (κ1) is 22.7. The van der Waals surface area contributed by atoms with Crippen molar-refractivity contribution in [3.05, 3.63) is 81.7 Å². The number of thiophene rings is 1. The van der Waals surface area contributed by atoms with Crippen molar-refractivity contribution in [2.75, 3.05) is 24.9 Å². The summed E-state index contributed by atoms with van der Waals surface area (Å²) in [6, 6.07) is 16.6. The summed E-state index contributed by atoms with van der Waals surface area (Å²) in [6.45, 7) is 3.94. The Hall–Kier alpha value is -4.11. The van der Waals surface area contributed by atoms with Crippen LogP contribution in [0.15, 0.2) is 71.2 Å². The molecule has 0 spiro atoms. The predicted molar refractivity (Wildman–Crippen MR) is 137 cm³/mol. The van der Waals surface area contributed by atoms with Crippen molar-refractivity contribution < 1.29 is 14.3 Å². The summed E-state index contributed by atoms with van der Waals surface area (Å²) in [6.07, 6.45) is 0. The van der Waals surface area contributed by atoms with Gasteiger partial charge in [-0.25, -0.2) is 4.68 Å². The molecule has 8 nitrogen and oxygen atoms in total. The molecule has 0 aliphatic carbocycles. The van der Waals surface area contributed by atoms with Gasteiger partial charge in [0, 0.05) is 21.8 Å². The fraction of sp³-hybridized carbons (Fsp3) is 0.192. The molecule has 1 unspecified atom stereocenters. The Morgan fingerprint density at radius 3 is 2.51 bits per heavy atom. The normalized spacial score (nSPS) is 14.8. The van der Waals surface area contributed by atoms with Crippen molar-refractivity contribution >= 4 is 28.9 Å². The van der Waals surface area contributed by atoms with Crippen molar-refractivity contribution in [3.63, 3.8) is 0 Å². The summed E-state index contributed by atoms with van der Waals surface area (Å²) >= 11 is 1.60. The molecule has 1 atom stereocenters. The molecule has 2 aromatic carbocycles. The van der Waals surface area contributed by atoms with Crippen LogP contribution in [0.4, 0.5) is 11.6 Å². The molecule has 1 aliphatic rings. The van der Waals surface area contributed by atoms with E-state index in [2.05, 4.69) is 16.7 Å². The molecule has 2 aromatic heterocycles. The van der Waals surface area contributed by atoms with E-state index < -0.39 is 6.04 Å². The monoisotopic (exact) mass is 487 g/mol. The van der Waals surface area contributed by atoms with Gasteiger partial charge in [-0.05, 0) is 61.2 Å². The zero-order valence-electron chi connectivity index (χ0n) is 19.8. The van der Waals surface area contributed by atoms with Crippen LogP contribution in [0.2, 0.25) is 0 Å². The zero-order valence-corrected chi connectivity index (χ0v) is 20.6. The lowest BCUT2D eigenvalue weighted by Crippen LogP contribution is -2.31. The Morgan fingerprint density at radius 1 is 1.06 bits per heavy atom. The maximum absolute atomic E-state index is 13.5. The first-order valence-corrected chi connectivity index (χ1v) is 11.9. The van der Waals surface area contributed by atoms with Gasteiger partial charge in [0.15, 0.2) is 17.3 Å². The Bertz CT molecular complexity index is 1420. The van der Waals surface area contributed by atoms with E-state index in [1.807, 2.05) is 67.8 Å². The molecule has 0 saturated carbocycles. The van der Waals surface area contributed by atoms with Crippen LogP contribution in [0.5, 0.6) is 11.5 Å². The van der Waals surface area contributed by atoms with Crippen molar-refractivity contribution in [3.8, 4) is 22.9 Å². The second-order valence-electron chi connectivity index (χ2n) is 8.13. The minimum Gasteiger partial charge on any atom is -0.493 e. The van der Waals surface area contributed by atoms with Gasteiger partial charge in [0.2, 0.25) is 5.95 Å². The number of nitrogens with zero attached hydrogens (tertiary/aromatic N) is 3. The molecule has 0 saturated heterocycles. The molecule has 9 heteroatoms. The summed E-state index contributed by atoms with van der Waals surface area (Å²) in [7, 11) is 3.19.